The van der Waals surface area contributed by atoms with Gasteiger partial charge in [-0.2, -0.15) is 4.31 Å². The summed E-state index contributed by atoms with van der Waals surface area (Å²) >= 11 is 0. The quantitative estimate of drug-likeness (QED) is 0.579. The Morgan fingerprint density at radius 3 is 2.44 bits per heavy atom. The van der Waals surface area contributed by atoms with Gasteiger partial charge in [0.25, 0.3) is 5.56 Å². The molecule has 5 rings (SSSR count). The molecule has 1 aromatic heterocycles. The van der Waals surface area contributed by atoms with E-state index in [1.165, 1.54) is 14.9 Å². The standard InChI is InChI=1S/C25H24N2O6S/c1-15-6-5-9-17(12-15)34(32,33)27-21-13-26-20(23(27)22(25(30)31)19(21)14-28)11-10-18(24(26)29)16-7-3-2-4-8-16/h2-12,19,21-23,28H,13-14H2,1H3,(H,30,31)/t19-,21-,22+,23+/m1/s1. The number of hydrogen-bond donors (Lipinski definition) is 2. The second-order valence-electron chi connectivity index (χ2n) is 8.83. The van der Waals surface area contributed by atoms with Crippen LogP contribution in [0, 0.1) is 18.8 Å². The number of rotatable bonds is 5. The minimum Gasteiger partial charge on any atom is -0.481 e. The molecular formula is C25H24N2O6S. The van der Waals surface area contributed by atoms with Gasteiger partial charge in [-0.1, -0.05) is 42.5 Å². The SMILES string of the molecule is Cc1cccc(S(=O)(=O)N2[C@@H]3Cn4c(ccc(-c5ccccc5)c4=O)[C@H]2[C@@H](C(=O)O)[C@@H]3CO)c1. The van der Waals surface area contributed by atoms with Crippen LogP contribution in [-0.4, -0.2) is 46.1 Å². The third-order valence-corrected chi connectivity index (χ3v) is 8.83. The highest BCUT2D eigenvalue weighted by atomic mass is 32.2. The zero-order chi connectivity index (χ0) is 24.2. The van der Waals surface area contributed by atoms with E-state index in [0.717, 1.165) is 11.1 Å². The molecule has 3 aromatic rings. The smallest absolute Gasteiger partial charge is 0.308 e. The van der Waals surface area contributed by atoms with Crippen molar-refractivity contribution in [3.63, 3.8) is 0 Å². The Morgan fingerprint density at radius 2 is 1.79 bits per heavy atom. The van der Waals surface area contributed by atoms with Crippen molar-refractivity contribution in [2.45, 2.75) is 30.4 Å². The van der Waals surface area contributed by atoms with Crippen molar-refractivity contribution in [3.8, 4) is 11.1 Å². The molecule has 3 heterocycles. The van der Waals surface area contributed by atoms with Crippen molar-refractivity contribution < 1.29 is 23.4 Å². The van der Waals surface area contributed by atoms with Gasteiger partial charge in [-0.25, -0.2) is 8.42 Å². The van der Waals surface area contributed by atoms with Crippen LogP contribution in [0.1, 0.15) is 17.3 Å². The van der Waals surface area contributed by atoms with Crippen molar-refractivity contribution in [3.05, 3.63) is 88.3 Å². The van der Waals surface area contributed by atoms with E-state index in [2.05, 4.69) is 0 Å². The maximum Gasteiger partial charge on any atom is 0.308 e. The van der Waals surface area contributed by atoms with E-state index in [-0.39, 0.29) is 17.0 Å². The van der Waals surface area contributed by atoms with E-state index < -0.39 is 46.5 Å². The molecule has 1 saturated heterocycles. The number of aliphatic hydroxyl groups is 1. The van der Waals surface area contributed by atoms with Crippen molar-refractivity contribution in [2.75, 3.05) is 6.61 Å². The number of aromatic nitrogens is 1. The number of carboxylic acids is 1. The minimum atomic E-state index is -4.10. The van der Waals surface area contributed by atoms with Crippen LogP contribution in [0.4, 0.5) is 0 Å². The fourth-order valence-corrected chi connectivity index (χ4v) is 7.35. The second kappa shape index (κ2) is 8.19. The molecule has 34 heavy (non-hydrogen) atoms. The van der Waals surface area contributed by atoms with Gasteiger partial charge in [-0.3, -0.25) is 9.59 Å². The molecule has 9 heteroatoms. The molecule has 0 amide bonds. The topological polar surface area (TPSA) is 117 Å². The molecule has 2 aromatic carbocycles. The van der Waals surface area contributed by atoms with Gasteiger partial charge >= 0.3 is 5.97 Å². The fraction of sp³-hybridized carbons (Fsp3) is 0.280. The molecule has 8 nitrogen and oxygen atoms in total. The molecule has 2 bridgehead atoms. The summed E-state index contributed by atoms with van der Waals surface area (Å²) in [6.45, 7) is 1.23. The monoisotopic (exact) mass is 480 g/mol. The Kier molecular flexibility index (Phi) is 5.43. The first-order valence-electron chi connectivity index (χ1n) is 11.0. The first-order valence-corrected chi connectivity index (χ1v) is 12.4. The van der Waals surface area contributed by atoms with Gasteiger partial charge in [0.05, 0.1) is 16.9 Å². The first kappa shape index (κ1) is 22.5. The number of pyridine rings is 1. The molecule has 2 aliphatic heterocycles. The number of hydrogen-bond acceptors (Lipinski definition) is 5. The summed E-state index contributed by atoms with van der Waals surface area (Å²) in [5, 5.41) is 20.2. The Morgan fingerprint density at radius 1 is 1.06 bits per heavy atom. The summed E-state index contributed by atoms with van der Waals surface area (Å²) < 4.78 is 30.2. The third-order valence-electron chi connectivity index (χ3n) is 6.92. The molecule has 2 N–H and O–H groups in total. The molecule has 2 aliphatic rings. The van der Waals surface area contributed by atoms with Gasteiger partial charge in [0.2, 0.25) is 10.0 Å². The fourth-order valence-electron chi connectivity index (χ4n) is 5.40. The summed E-state index contributed by atoms with van der Waals surface area (Å²) in [5.74, 6) is -3.25. The van der Waals surface area contributed by atoms with Crippen LogP contribution in [0.5, 0.6) is 0 Å². The number of fused-ring (bicyclic) bond motifs is 4. The Labute approximate surface area is 196 Å². The predicted molar refractivity (Wildman–Crippen MR) is 125 cm³/mol. The molecule has 0 spiro atoms. The third kappa shape index (κ3) is 3.31. The van der Waals surface area contributed by atoms with Gasteiger partial charge in [0.15, 0.2) is 0 Å². The van der Waals surface area contributed by atoms with Crippen LogP contribution in [0.2, 0.25) is 0 Å². The maximum atomic E-state index is 13.8. The van der Waals surface area contributed by atoms with E-state index >= 15 is 0 Å². The number of carbonyl (C=O) groups is 1. The summed E-state index contributed by atoms with van der Waals surface area (Å²) in [6.07, 6.45) is 0. The average molecular weight is 481 g/mol. The van der Waals surface area contributed by atoms with Crippen LogP contribution in [0.3, 0.4) is 0 Å². The van der Waals surface area contributed by atoms with Gasteiger partial charge < -0.3 is 14.8 Å². The zero-order valence-corrected chi connectivity index (χ0v) is 19.2. The Hall–Kier alpha value is -3.27. The van der Waals surface area contributed by atoms with Crippen molar-refractivity contribution in [1.82, 2.24) is 8.87 Å². The predicted octanol–water partition coefficient (Wildman–Crippen LogP) is 2.26. The van der Waals surface area contributed by atoms with Crippen LogP contribution >= 0.6 is 0 Å². The molecule has 4 atom stereocenters. The van der Waals surface area contributed by atoms with E-state index in [1.807, 2.05) is 30.3 Å². The van der Waals surface area contributed by atoms with Crippen LogP contribution in [0.25, 0.3) is 11.1 Å². The van der Waals surface area contributed by atoms with Crippen molar-refractivity contribution in [2.24, 2.45) is 11.8 Å². The lowest BCUT2D eigenvalue weighted by Crippen LogP contribution is -2.49. The lowest BCUT2D eigenvalue weighted by atomic mass is 9.87. The lowest BCUT2D eigenvalue weighted by molar-refractivity contribution is -0.144. The van der Waals surface area contributed by atoms with Crippen molar-refractivity contribution in [1.29, 1.82) is 0 Å². The molecule has 1 fully saturated rings. The van der Waals surface area contributed by atoms with E-state index in [1.54, 1.807) is 37.3 Å². The van der Waals surface area contributed by atoms with E-state index in [0.29, 0.717) is 11.3 Å². The summed E-state index contributed by atoms with van der Waals surface area (Å²) in [4.78, 5) is 25.9. The second-order valence-corrected chi connectivity index (χ2v) is 10.7. The van der Waals surface area contributed by atoms with Gasteiger partial charge in [0.1, 0.15) is 0 Å². The number of sulfonamides is 1. The van der Waals surface area contributed by atoms with Crippen LogP contribution < -0.4 is 5.56 Å². The highest BCUT2D eigenvalue weighted by molar-refractivity contribution is 7.89. The van der Waals surface area contributed by atoms with Gasteiger partial charge in [-0.05, 0) is 42.3 Å². The zero-order valence-electron chi connectivity index (χ0n) is 18.4. The highest BCUT2D eigenvalue weighted by Gasteiger charge is 2.60. The largest absolute Gasteiger partial charge is 0.481 e. The molecule has 0 unspecified atom stereocenters. The first-order chi connectivity index (χ1) is 16.3. The molecule has 176 valence electrons. The summed E-state index contributed by atoms with van der Waals surface area (Å²) in [5.41, 5.74) is 1.93. The lowest BCUT2D eigenvalue weighted by Gasteiger charge is -2.37. The summed E-state index contributed by atoms with van der Waals surface area (Å²) in [6, 6.07) is 16.8. The van der Waals surface area contributed by atoms with Crippen LogP contribution in [-0.2, 0) is 21.4 Å². The number of aliphatic carboxylic acids is 1. The van der Waals surface area contributed by atoms with E-state index in [9.17, 15) is 28.2 Å². The molecule has 0 aliphatic carbocycles. The van der Waals surface area contributed by atoms with E-state index in [4.69, 9.17) is 0 Å². The van der Waals surface area contributed by atoms with Crippen molar-refractivity contribution >= 4 is 16.0 Å². The maximum absolute atomic E-state index is 13.8. The Balaban J connectivity index is 1.72. The number of aryl methyl sites for hydroxylation is 1. The Bertz CT molecular complexity index is 1430. The van der Waals surface area contributed by atoms with Gasteiger partial charge in [0, 0.05) is 36.4 Å². The average Bonchev–Trinajstić information content (AvgIpc) is 3.08. The minimum absolute atomic E-state index is 0.0363. The summed E-state index contributed by atoms with van der Waals surface area (Å²) in [7, 11) is -4.10. The molecular weight excluding hydrogens is 456 g/mol. The number of nitrogens with zero attached hydrogens (tertiary/aromatic N) is 2. The number of aliphatic hydroxyl groups excluding tert-OH is 1. The highest BCUT2D eigenvalue weighted by Crippen LogP contribution is 2.51. The molecule has 0 saturated carbocycles. The van der Waals surface area contributed by atoms with Gasteiger partial charge in [-0.15, -0.1) is 0 Å². The normalized spacial score (nSPS) is 24.1. The molecule has 0 radical (unpaired) electrons. The number of carboxylic acid groups (broad SMARTS) is 1. The van der Waals surface area contributed by atoms with Crippen LogP contribution in [0.15, 0.2) is 76.4 Å². The number of benzene rings is 2.